The molecule has 1 saturated carbocycles. The molecule has 0 aromatic carbocycles. The number of hydrogen-bond acceptors (Lipinski definition) is 6. The van der Waals surface area contributed by atoms with Gasteiger partial charge in [-0.15, -0.1) is 0 Å². The van der Waals surface area contributed by atoms with Crippen molar-refractivity contribution in [2.45, 2.75) is 20.8 Å². The lowest BCUT2D eigenvalue weighted by molar-refractivity contribution is -0.128. The highest BCUT2D eigenvalue weighted by Crippen LogP contribution is 2.52. The number of anilines is 1. The van der Waals surface area contributed by atoms with Gasteiger partial charge < -0.3 is 10.2 Å². The first-order valence-corrected chi connectivity index (χ1v) is 12.6. The Kier molecular flexibility index (Phi) is 5.30. The van der Waals surface area contributed by atoms with E-state index in [0.717, 1.165) is 53.2 Å². The van der Waals surface area contributed by atoms with Gasteiger partial charge in [0.15, 0.2) is 0 Å². The molecule has 0 unspecified atom stereocenters. The average Bonchev–Trinajstić information content (AvgIpc) is 3.32. The van der Waals surface area contributed by atoms with Crippen molar-refractivity contribution >= 4 is 17.2 Å². The van der Waals surface area contributed by atoms with Crippen LogP contribution in [0.3, 0.4) is 0 Å². The number of aromatic nitrogens is 5. The number of nitrogens with one attached hydrogen (secondary N) is 1. The molecule has 6 rings (SSSR count). The summed E-state index contributed by atoms with van der Waals surface area (Å²) in [5.41, 5.74) is 4.74. The van der Waals surface area contributed by atoms with Crippen LogP contribution in [0.5, 0.6) is 0 Å². The topological polar surface area (TPSA) is 104 Å². The minimum Gasteiger partial charge on any atom is -0.356 e. The van der Waals surface area contributed by atoms with Gasteiger partial charge in [-0.25, -0.2) is 9.50 Å². The predicted octanol–water partition coefficient (Wildman–Crippen LogP) is 3.51. The van der Waals surface area contributed by atoms with Gasteiger partial charge in [-0.05, 0) is 36.0 Å². The van der Waals surface area contributed by atoms with Crippen molar-refractivity contribution in [2.75, 3.05) is 24.5 Å². The summed E-state index contributed by atoms with van der Waals surface area (Å²) in [5, 5.41) is 21.5. The summed E-state index contributed by atoms with van der Waals surface area (Å²) in [4.78, 5) is 19.3. The quantitative estimate of drug-likeness (QED) is 0.455. The summed E-state index contributed by atoms with van der Waals surface area (Å²) in [6, 6.07) is 8.48. The first kappa shape index (κ1) is 23.2. The van der Waals surface area contributed by atoms with E-state index in [1.54, 1.807) is 15.4 Å². The Morgan fingerprint density at radius 2 is 1.86 bits per heavy atom. The summed E-state index contributed by atoms with van der Waals surface area (Å²) < 4.78 is 3.53. The minimum absolute atomic E-state index is 0.117. The fourth-order valence-electron chi connectivity index (χ4n) is 5.50. The number of amides is 1. The maximum absolute atomic E-state index is 12.2. The van der Waals surface area contributed by atoms with Crippen LogP contribution in [0.2, 0.25) is 0 Å². The molecule has 188 valence electrons. The predicted molar refractivity (Wildman–Crippen MR) is 140 cm³/mol. The molecule has 1 amide bonds. The maximum Gasteiger partial charge on any atom is 0.225 e. The van der Waals surface area contributed by atoms with Crippen LogP contribution in [0.4, 0.5) is 5.82 Å². The molecule has 4 aromatic heterocycles. The third-order valence-electron chi connectivity index (χ3n) is 7.70. The fourth-order valence-corrected chi connectivity index (χ4v) is 5.50. The third kappa shape index (κ3) is 4.12. The first-order valence-electron chi connectivity index (χ1n) is 12.6. The largest absolute Gasteiger partial charge is 0.356 e. The number of carbonyl (C=O) groups excluding carboxylic acids is 1. The number of nitriles is 1. The lowest BCUT2D eigenvalue weighted by atomic mass is 9.95. The van der Waals surface area contributed by atoms with Crippen LogP contribution in [0.15, 0.2) is 49.2 Å². The SMILES string of the molecule is Cn1cc(-c2cc(-c3ccc(N4C[C@@H]5[C@@H](CNC(=O)C(C)(C)C)[C@@H]5C4)nc3)c3c(C#N)cnn3c2)cn1. The molecular formula is C28H30N8O. The van der Waals surface area contributed by atoms with Gasteiger partial charge in [0, 0.05) is 72.9 Å². The van der Waals surface area contributed by atoms with E-state index in [1.165, 1.54) is 0 Å². The van der Waals surface area contributed by atoms with Crippen molar-refractivity contribution in [2.24, 2.45) is 30.2 Å². The van der Waals surface area contributed by atoms with E-state index in [-0.39, 0.29) is 11.3 Å². The third-order valence-corrected chi connectivity index (χ3v) is 7.70. The normalized spacial score (nSPS) is 20.6. The Balaban J connectivity index is 1.21. The van der Waals surface area contributed by atoms with Crippen molar-refractivity contribution in [3.63, 3.8) is 0 Å². The molecular weight excluding hydrogens is 464 g/mol. The van der Waals surface area contributed by atoms with Gasteiger partial charge in [0.05, 0.1) is 23.5 Å². The summed E-state index contributed by atoms with van der Waals surface area (Å²) in [6.07, 6.45) is 9.19. The first-order chi connectivity index (χ1) is 17.7. The molecule has 9 nitrogen and oxygen atoms in total. The molecule has 4 aromatic rings. The van der Waals surface area contributed by atoms with Crippen molar-refractivity contribution in [1.29, 1.82) is 5.26 Å². The van der Waals surface area contributed by atoms with Gasteiger partial charge in [-0.3, -0.25) is 9.48 Å². The highest BCUT2D eigenvalue weighted by Gasteiger charge is 2.55. The van der Waals surface area contributed by atoms with Crippen molar-refractivity contribution in [3.05, 3.63) is 54.7 Å². The molecule has 5 heterocycles. The molecule has 2 fully saturated rings. The molecule has 1 aliphatic heterocycles. The van der Waals surface area contributed by atoms with Crippen molar-refractivity contribution in [1.82, 2.24) is 29.7 Å². The number of rotatable bonds is 5. The van der Waals surface area contributed by atoms with Gasteiger partial charge in [0.1, 0.15) is 11.9 Å². The van der Waals surface area contributed by atoms with E-state index in [2.05, 4.69) is 44.7 Å². The Bertz CT molecular complexity index is 1520. The highest BCUT2D eigenvalue weighted by molar-refractivity contribution is 5.87. The van der Waals surface area contributed by atoms with Gasteiger partial charge in [0.25, 0.3) is 0 Å². The van der Waals surface area contributed by atoms with Crippen LogP contribution in [-0.4, -0.2) is 49.9 Å². The number of hydrogen-bond donors (Lipinski definition) is 1. The second kappa shape index (κ2) is 8.44. The summed E-state index contributed by atoms with van der Waals surface area (Å²) in [5.74, 6) is 2.87. The molecule has 2 aliphatic rings. The zero-order chi connectivity index (χ0) is 25.9. The highest BCUT2D eigenvalue weighted by atomic mass is 16.2. The van der Waals surface area contributed by atoms with E-state index < -0.39 is 0 Å². The smallest absolute Gasteiger partial charge is 0.225 e. The molecule has 1 N–H and O–H groups in total. The standard InChI is InChI=1S/C28H30N8O/c1-28(2,3)27(37)31-12-22-23-15-35(16-24(22)23)25-6-5-17(9-30-25)21-7-18(20-11-32-34(4)13-20)14-36-26(21)19(8-29)10-33-36/h5-7,9-11,13-14,22-24H,12,15-16H2,1-4H3,(H,31,37)/t22-,23-,24+. The van der Waals surface area contributed by atoms with E-state index in [4.69, 9.17) is 4.98 Å². The lowest BCUT2D eigenvalue weighted by Gasteiger charge is -2.22. The number of pyridine rings is 2. The van der Waals surface area contributed by atoms with Gasteiger partial charge >= 0.3 is 0 Å². The molecule has 0 bridgehead atoms. The van der Waals surface area contributed by atoms with Crippen LogP contribution in [0.1, 0.15) is 26.3 Å². The number of fused-ring (bicyclic) bond motifs is 2. The zero-order valence-electron chi connectivity index (χ0n) is 21.5. The molecule has 1 aliphatic carbocycles. The monoisotopic (exact) mass is 494 g/mol. The number of nitrogens with zero attached hydrogens (tertiary/aromatic N) is 7. The number of piperidine rings is 1. The second-order valence-corrected chi connectivity index (χ2v) is 11.3. The minimum atomic E-state index is -0.351. The molecule has 0 radical (unpaired) electrons. The van der Waals surface area contributed by atoms with E-state index in [9.17, 15) is 10.1 Å². The molecule has 9 heteroatoms. The number of carbonyl (C=O) groups is 1. The van der Waals surface area contributed by atoms with Crippen molar-refractivity contribution in [3.8, 4) is 28.3 Å². The number of aryl methyl sites for hydroxylation is 1. The average molecular weight is 495 g/mol. The Hall–Kier alpha value is -4.19. The van der Waals surface area contributed by atoms with Gasteiger partial charge in [-0.1, -0.05) is 20.8 Å². The van der Waals surface area contributed by atoms with Crippen molar-refractivity contribution < 1.29 is 4.79 Å². The van der Waals surface area contributed by atoms with Crippen LogP contribution in [0.25, 0.3) is 27.8 Å². The zero-order valence-corrected chi connectivity index (χ0v) is 21.5. The summed E-state index contributed by atoms with van der Waals surface area (Å²) in [6.45, 7) is 8.54. The molecule has 37 heavy (non-hydrogen) atoms. The Morgan fingerprint density at radius 3 is 2.49 bits per heavy atom. The van der Waals surface area contributed by atoms with E-state index >= 15 is 0 Å². The van der Waals surface area contributed by atoms with E-state index in [1.807, 2.05) is 52.6 Å². The Labute approximate surface area is 215 Å². The molecule has 0 spiro atoms. The van der Waals surface area contributed by atoms with E-state index in [0.29, 0.717) is 23.3 Å². The fraction of sp³-hybridized carbons (Fsp3) is 0.393. The summed E-state index contributed by atoms with van der Waals surface area (Å²) >= 11 is 0. The Morgan fingerprint density at radius 1 is 1.08 bits per heavy atom. The lowest BCUT2D eigenvalue weighted by Crippen LogP contribution is -2.37. The maximum atomic E-state index is 12.2. The summed E-state index contributed by atoms with van der Waals surface area (Å²) in [7, 11) is 1.89. The van der Waals surface area contributed by atoms with Gasteiger partial charge in [0.2, 0.25) is 5.91 Å². The van der Waals surface area contributed by atoms with Gasteiger partial charge in [-0.2, -0.15) is 15.5 Å². The van der Waals surface area contributed by atoms with Crippen LogP contribution >= 0.6 is 0 Å². The van der Waals surface area contributed by atoms with Crippen LogP contribution in [-0.2, 0) is 11.8 Å². The van der Waals surface area contributed by atoms with Crippen LogP contribution in [0, 0.1) is 34.5 Å². The molecule has 3 atom stereocenters. The second-order valence-electron chi connectivity index (χ2n) is 11.3. The molecule has 1 saturated heterocycles. The van der Waals surface area contributed by atoms with Crippen LogP contribution < -0.4 is 10.2 Å².